The number of hydrogen-bond acceptors (Lipinski definition) is 7. The van der Waals surface area contributed by atoms with Crippen LogP contribution < -0.4 is 4.74 Å². The van der Waals surface area contributed by atoms with Crippen LogP contribution in [0.3, 0.4) is 0 Å². The molecule has 0 aromatic heterocycles. The van der Waals surface area contributed by atoms with Crippen LogP contribution in [0.5, 0.6) is 5.75 Å². The second-order valence-corrected chi connectivity index (χ2v) is 29.2. The van der Waals surface area contributed by atoms with E-state index in [1.807, 2.05) is 30.3 Å². The number of hydrogen-bond donors (Lipinski definition) is 1. The summed E-state index contributed by atoms with van der Waals surface area (Å²) in [4.78, 5) is 0. The highest BCUT2D eigenvalue weighted by atomic mass is 28.4. The summed E-state index contributed by atoms with van der Waals surface area (Å²) < 4.78 is 38.2. The minimum absolute atomic E-state index is 0.00285. The Labute approximate surface area is 350 Å². The van der Waals surface area contributed by atoms with Crippen LogP contribution in [0, 0.1) is 5.92 Å². The molecule has 0 radical (unpaired) electrons. The van der Waals surface area contributed by atoms with E-state index in [0.29, 0.717) is 32.0 Å². The molecule has 0 aliphatic carbocycles. The number of aliphatic hydroxyl groups excluding tert-OH is 1. The largest absolute Gasteiger partial charge is 0.497 e. The van der Waals surface area contributed by atoms with Crippen LogP contribution in [0.25, 0.3) is 0 Å². The van der Waals surface area contributed by atoms with Gasteiger partial charge in [-0.1, -0.05) is 121 Å². The zero-order chi connectivity index (χ0) is 42.4. The van der Waals surface area contributed by atoms with Crippen molar-refractivity contribution in [2.75, 3.05) is 20.3 Å². The molecule has 57 heavy (non-hydrogen) atoms. The highest BCUT2D eigenvalue weighted by molar-refractivity contribution is 6.74. The summed E-state index contributed by atoms with van der Waals surface area (Å²) in [5.74, 6) is 1.21. The van der Waals surface area contributed by atoms with E-state index in [9.17, 15) is 5.11 Å². The summed E-state index contributed by atoms with van der Waals surface area (Å²) in [6, 6.07) is 7.99. The van der Waals surface area contributed by atoms with Gasteiger partial charge in [0.15, 0.2) is 16.6 Å². The van der Waals surface area contributed by atoms with Crippen molar-refractivity contribution in [2.24, 2.45) is 5.92 Å². The molecular formula is C48H80O7Si2. The third-order valence-corrected chi connectivity index (χ3v) is 21.3. The van der Waals surface area contributed by atoms with E-state index < -0.39 is 22.7 Å². The molecule has 1 aromatic carbocycles. The molecule has 2 aliphatic rings. The van der Waals surface area contributed by atoms with Crippen molar-refractivity contribution in [3.05, 3.63) is 90.1 Å². The molecule has 0 amide bonds. The Kier molecular flexibility index (Phi) is 19.4. The van der Waals surface area contributed by atoms with Gasteiger partial charge in [0.2, 0.25) is 0 Å². The zero-order valence-corrected chi connectivity index (χ0v) is 40.1. The maximum atomic E-state index is 11.2. The predicted molar refractivity (Wildman–Crippen MR) is 243 cm³/mol. The van der Waals surface area contributed by atoms with Crippen LogP contribution in [-0.2, 0) is 29.7 Å². The highest BCUT2D eigenvalue weighted by Gasteiger charge is 2.41. The third-order valence-electron chi connectivity index (χ3n) is 12.3. The molecule has 0 saturated heterocycles. The normalized spacial score (nSPS) is 22.1. The predicted octanol–water partition coefficient (Wildman–Crippen LogP) is 12.1. The average molecular weight is 825 g/mol. The van der Waals surface area contributed by atoms with E-state index in [-0.39, 0.29) is 40.6 Å². The third kappa shape index (κ3) is 17.2. The summed E-state index contributed by atoms with van der Waals surface area (Å²) in [6.45, 7) is 33.4. The lowest BCUT2D eigenvalue weighted by atomic mass is 9.91. The van der Waals surface area contributed by atoms with Gasteiger partial charge in [-0.15, -0.1) is 0 Å². The second kappa shape index (κ2) is 22.5. The van der Waals surface area contributed by atoms with Crippen LogP contribution in [0.1, 0.15) is 106 Å². The van der Waals surface area contributed by atoms with E-state index in [0.717, 1.165) is 55.6 Å². The van der Waals surface area contributed by atoms with Gasteiger partial charge >= 0.3 is 0 Å². The molecule has 7 nitrogen and oxygen atoms in total. The number of benzene rings is 1. The average Bonchev–Trinajstić information content (AvgIpc) is 3.10. The Morgan fingerprint density at radius 1 is 1.00 bits per heavy atom. The first-order valence-corrected chi connectivity index (χ1v) is 27.3. The molecule has 0 saturated carbocycles. The van der Waals surface area contributed by atoms with Crippen LogP contribution in [-0.4, -0.2) is 78.7 Å². The lowest BCUT2D eigenvalue weighted by Gasteiger charge is -2.40. The summed E-state index contributed by atoms with van der Waals surface area (Å²) in [5, 5.41) is 11.4. The van der Waals surface area contributed by atoms with Gasteiger partial charge in [-0.3, -0.25) is 0 Å². The molecule has 322 valence electrons. The molecule has 7 unspecified atom stereocenters. The molecule has 3 rings (SSSR count). The first-order valence-electron chi connectivity index (χ1n) is 21.4. The first kappa shape index (κ1) is 49.3. The van der Waals surface area contributed by atoms with Crippen LogP contribution in [0.15, 0.2) is 84.5 Å². The molecule has 9 heteroatoms. The van der Waals surface area contributed by atoms with Crippen molar-refractivity contribution < 1.29 is 32.9 Å². The van der Waals surface area contributed by atoms with E-state index in [1.165, 1.54) is 5.57 Å². The van der Waals surface area contributed by atoms with Gasteiger partial charge in [-0.25, -0.2) is 0 Å². The fourth-order valence-corrected chi connectivity index (χ4v) is 8.97. The maximum Gasteiger partial charge on any atom is 0.193 e. The number of rotatable bonds is 22. The summed E-state index contributed by atoms with van der Waals surface area (Å²) in [6.07, 6.45) is 19.6. The summed E-state index contributed by atoms with van der Waals surface area (Å²) >= 11 is 0. The Balaban J connectivity index is 1.62. The minimum atomic E-state index is -2.19. The molecule has 2 aliphatic heterocycles. The van der Waals surface area contributed by atoms with E-state index in [1.54, 1.807) is 7.11 Å². The Morgan fingerprint density at radius 2 is 1.68 bits per heavy atom. The van der Waals surface area contributed by atoms with Gasteiger partial charge in [0, 0.05) is 6.61 Å². The minimum Gasteiger partial charge on any atom is -0.497 e. The van der Waals surface area contributed by atoms with Crippen molar-refractivity contribution in [1.82, 2.24) is 0 Å². The lowest BCUT2D eigenvalue weighted by Crippen LogP contribution is -2.47. The smallest absolute Gasteiger partial charge is 0.193 e. The molecular weight excluding hydrogens is 745 g/mol. The standard InChI is InChI=1S/C48H80O7Si2/c1-36-27-29-51-43(33-36)25-26-46(55-57(13,14)48(7,8)9)45(52-35-39-21-23-41(50-10)24-22-39)20-15-17-40(49)32-37(2)31-38(3)34-44-19-16-18-42(54-44)28-30-53-56(11,12)47(4,5)6/h15-18,21-27,38,40,42-46,49H,2,19-20,28-35H2,1,3-14H3/b17-15+,26-25+. The van der Waals surface area contributed by atoms with E-state index in [2.05, 4.69) is 125 Å². The molecule has 1 N–H and O–H groups in total. The fourth-order valence-electron chi connectivity index (χ4n) is 6.64. The van der Waals surface area contributed by atoms with Gasteiger partial charge in [-0.2, -0.15) is 0 Å². The first-order chi connectivity index (χ1) is 26.6. The zero-order valence-electron chi connectivity index (χ0n) is 38.1. The maximum absolute atomic E-state index is 11.2. The fraction of sp³-hybridized carbons (Fsp3) is 0.667. The quantitative estimate of drug-likeness (QED) is 0.0922. The Hall–Kier alpha value is -2.09. The molecule has 0 spiro atoms. The Morgan fingerprint density at radius 3 is 2.32 bits per heavy atom. The van der Waals surface area contributed by atoms with Gasteiger partial charge in [-0.05, 0) is 112 Å². The van der Waals surface area contributed by atoms with Crippen molar-refractivity contribution in [2.45, 2.75) is 180 Å². The van der Waals surface area contributed by atoms with Crippen molar-refractivity contribution >= 4 is 16.6 Å². The number of aliphatic hydroxyl groups is 1. The van der Waals surface area contributed by atoms with Crippen molar-refractivity contribution in [3.63, 3.8) is 0 Å². The molecule has 2 heterocycles. The Bertz CT molecular complexity index is 1480. The van der Waals surface area contributed by atoms with Crippen molar-refractivity contribution in [3.8, 4) is 5.75 Å². The molecule has 1 aromatic rings. The monoisotopic (exact) mass is 825 g/mol. The van der Waals surface area contributed by atoms with E-state index in [4.69, 9.17) is 27.8 Å². The highest BCUT2D eigenvalue weighted by Crippen LogP contribution is 2.39. The van der Waals surface area contributed by atoms with Gasteiger partial charge in [0.05, 0.1) is 56.9 Å². The second-order valence-electron chi connectivity index (χ2n) is 19.6. The van der Waals surface area contributed by atoms with Crippen LogP contribution >= 0.6 is 0 Å². The van der Waals surface area contributed by atoms with Gasteiger partial charge < -0.3 is 32.9 Å². The summed E-state index contributed by atoms with van der Waals surface area (Å²) in [5.41, 5.74) is 3.45. The SMILES string of the molecule is C=C(CC(O)/C=C/CC(OCc1ccc(OC)cc1)C(/C=C/C1CC(C)=CCO1)O[Si](C)(C)C(C)(C)C)CC(C)CC1CC=CC(CCO[Si](C)(C)C(C)(C)C)O1. The van der Waals surface area contributed by atoms with Gasteiger partial charge in [0.25, 0.3) is 0 Å². The topological polar surface area (TPSA) is 75.6 Å². The molecule has 7 atom stereocenters. The van der Waals surface area contributed by atoms with Crippen LogP contribution in [0.4, 0.5) is 0 Å². The molecule has 0 fully saturated rings. The molecule has 0 bridgehead atoms. The van der Waals surface area contributed by atoms with Crippen LogP contribution in [0.2, 0.25) is 36.3 Å². The van der Waals surface area contributed by atoms with Crippen molar-refractivity contribution in [1.29, 1.82) is 0 Å². The summed E-state index contributed by atoms with van der Waals surface area (Å²) in [7, 11) is -2.29. The van der Waals surface area contributed by atoms with E-state index >= 15 is 0 Å². The number of ether oxygens (including phenoxy) is 4. The number of methoxy groups -OCH3 is 1. The lowest BCUT2D eigenvalue weighted by molar-refractivity contribution is -0.0204. The van der Waals surface area contributed by atoms with Gasteiger partial charge in [0.1, 0.15) is 5.75 Å².